The Balaban J connectivity index is 1.43. The first-order valence-electron chi connectivity index (χ1n) is 9.78. The standard InChI is InChI=1S/C21H24F2N4O2/c1-26-20(28)11-19(17-8-9-24-12-18(17)23)25-21(26)29-13-16-3-2-10-27(16)15-6-4-14(22)5-7-15/h4-9,12,16,19,21,25H,2-3,10-11,13H2,1H3/t16-,19?,21?/m1/s1. The molecule has 4 rings (SSSR count). The van der Waals surface area contributed by atoms with Gasteiger partial charge in [0.1, 0.15) is 11.6 Å². The minimum atomic E-state index is -0.649. The fourth-order valence-corrected chi connectivity index (χ4v) is 4.00. The highest BCUT2D eigenvalue weighted by Crippen LogP contribution is 2.28. The van der Waals surface area contributed by atoms with Crippen molar-refractivity contribution in [3.63, 3.8) is 0 Å². The molecular formula is C21H24F2N4O2. The van der Waals surface area contributed by atoms with E-state index in [2.05, 4.69) is 15.2 Å². The van der Waals surface area contributed by atoms with Gasteiger partial charge < -0.3 is 14.5 Å². The molecule has 8 heteroatoms. The molecule has 29 heavy (non-hydrogen) atoms. The van der Waals surface area contributed by atoms with Crippen molar-refractivity contribution in [2.24, 2.45) is 0 Å². The van der Waals surface area contributed by atoms with E-state index in [1.807, 2.05) is 0 Å². The lowest BCUT2D eigenvalue weighted by molar-refractivity contribution is -0.157. The van der Waals surface area contributed by atoms with Gasteiger partial charge in [0.25, 0.3) is 0 Å². The van der Waals surface area contributed by atoms with Crippen molar-refractivity contribution < 1.29 is 18.3 Å². The van der Waals surface area contributed by atoms with Crippen LogP contribution in [0.4, 0.5) is 14.5 Å². The van der Waals surface area contributed by atoms with E-state index in [1.54, 1.807) is 25.2 Å². The summed E-state index contributed by atoms with van der Waals surface area (Å²) in [6, 6.07) is 7.68. The summed E-state index contributed by atoms with van der Waals surface area (Å²) in [5.74, 6) is -0.821. The molecule has 1 aromatic heterocycles. The molecule has 1 aromatic carbocycles. The summed E-state index contributed by atoms with van der Waals surface area (Å²) in [5, 5.41) is 3.22. The topological polar surface area (TPSA) is 57.7 Å². The monoisotopic (exact) mass is 402 g/mol. The Morgan fingerprint density at radius 2 is 2.03 bits per heavy atom. The maximum Gasteiger partial charge on any atom is 0.227 e. The van der Waals surface area contributed by atoms with Gasteiger partial charge in [0.2, 0.25) is 5.91 Å². The second-order valence-corrected chi connectivity index (χ2v) is 7.48. The molecule has 154 valence electrons. The fourth-order valence-electron chi connectivity index (χ4n) is 4.00. The van der Waals surface area contributed by atoms with Gasteiger partial charge in [-0.1, -0.05) is 0 Å². The molecule has 0 saturated carbocycles. The molecule has 2 aliphatic heterocycles. The van der Waals surface area contributed by atoms with Gasteiger partial charge in [-0.25, -0.2) is 8.78 Å². The van der Waals surface area contributed by atoms with E-state index >= 15 is 0 Å². The smallest absolute Gasteiger partial charge is 0.227 e. The SMILES string of the molecule is CN1C(=O)CC(c2ccncc2F)NC1OC[C@H]1CCCN1c1ccc(F)cc1. The molecule has 2 unspecified atom stereocenters. The number of carbonyl (C=O) groups excluding carboxylic acids is 1. The number of amides is 1. The van der Waals surface area contributed by atoms with Crippen LogP contribution >= 0.6 is 0 Å². The minimum absolute atomic E-state index is 0.114. The zero-order valence-corrected chi connectivity index (χ0v) is 16.2. The van der Waals surface area contributed by atoms with Crippen molar-refractivity contribution in [2.75, 3.05) is 25.1 Å². The van der Waals surface area contributed by atoms with Gasteiger partial charge in [0.05, 0.1) is 18.8 Å². The van der Waals surface area contributed by atoms with Gasteiger partial charge in [-0.15, -0.1) is 0 Å². The van der Waals surface area contributed by atoms with Crippen LogP contribution in [0.3, 0.4) is 0 Å². The van der Waals surface area contributed by atoms with E-state index in [4.69, 9.17) is 4.74 Å². The number of hydrogen-bond donors (Lipinski definition) is 1. The molecule has 2 saturated heterocycles. The van der Waals surface area contributed by atoms with Crippen LogP contribution in [-0.4, -0.2) is 48.4 Å². The van der Waals surface area contributed by atoms with E-state index in [9.17, 15) is 13.6 Å². The number of ether oxygens (including phenoxy) is 1. The highest BCUT2D eigenvalue weighted by molar-refractivity contribution is 5.77. The summed E-state index contributed by atoms with van der Waals surface area (Å²) < 4.78 is 33.4. The molecule has 1 N–H and O–H groups in total. The normalized spacial score (nSPS) is 24.9. The van der Waals surface area contributed by atoms with Gasteiger partial charge in [0.15, 0.2) is 6.35 Å². The van der Waals surface area contributed by atoms with Gasteiger partial charge >= 0.3 is 0 Å². The predicted molar refractivity (Wildman–Crippen MR) is 104 cm³/mol. The van der Waals surface area contributed by atoms with Crippen LogP contribution in [0.1, 0.15) is 30.9 Å². The molecule has 1 amide bonds. The number of pyridine rings is 1. The van der Waals surface area contributed by atoms with Crippen molar-refractivity contribution in [3.05, 3.63) is 59.9 Å². The molecule has 2 aliphatic rings. The average Bonchev–Trinajstić information content (AvgIpc) is 3.18. The maximum atomic E-state index is 14.1. The lowest BCUT2D eigenvalue weighted by atomic mass is 10.0. The summed E-state index contributed by atoms with van der Waals surface area (Å²) in [6.45, 7) is 1.27. The highest BCUT2D eigenvalue weighted by atomic mass is 19.1. The number of nitrogens with one attached hydrogen (secondary N) is 1. The Morgan fingerprint density at radius 1 is 1.24 bits per heavy atom. The quantitative estimate of drug-likeness (QED) is 0.834. The van der Waals surface area contributed by atoms with Gasteiger partial charge in [-0.05, 0) is 43.2 Å². The van der Waals surface area contributed by atoms with Crippen LogP contribution < -0.4 is 10.2 Å². The number of aromatic nitrogens is 1. The number of benzene rings is 1. The summed E-state index contributed by atoms with van der Waals surface area (Å²) in [6.07, 6.45) is 4.13. The van der Waals surface area contributed by atoms with Crippen molar-refractivity contribution in [2.45, 2.75) is 37.7 Å². The van der Waals surface area contributed by atoms with Crippen LogP contribution in [0.2, 0.25) is 0 Å². The van der Waals surface area contributed by atoms with Crippen LogP contribution in [-0.2, 0) is 9.53 Å². The highest BCUT2D eigenvalue weighted by Gasteiger charge is 2.35. The van der Waals surface area contributed by atoms with E-state index in [-0.39, 0.29) is 24.2 Å². The Morgan fingerprint density at radius 3 is 2.79 bits per heavy atom. The number of anilines is 1. The maximum absolute atomic E-state index is 14.1. The Hall–Kier alpha value is -2.58. The third-order valence-electron chi connectivity index (χ3n) is 5.63. The molecule has 0 bridgehead atoms. The average molecular weight is 402 g/mol. The number of rotatable bonds is 5. The van der Waals surface area contributed by atoms with Crippen molar-refractivity contribution in [3.8, 4) is 0 Å². The third kappa shape index (κ3) is 4.23. The number of carbonyl (C=O) groups is 1. The molecule has 2 fully saturated rings. The minimum Gasteiger partial charge on any atom is -0.366 e. The van der Waals surface area contributed by atoms with Crippen molar-refractivity contribution >= 4 is 11.6 Å². The predicted octanol–water partition coefficient (Wildman–Crippen LogP) is 2.82. The zero-order valence-electron chi connectivity index (χ0n) is 16.2. The van der Waals surface area contributed by atoms with Gasteiger partial charge in [0, 0.05) is 43.5 Å². The number of hydrogen-bond acceptors (Lipinski definition) is 5. The fraction of sp³-hybridized carbons (Fsp3) is 0.429. The first-order chi connectivity index (χ1) is 14.0. The van der Waals surface area contributed by atoms with E-state index in [1.165, 1.54) is 23.2 Å². The summed E-state index contributed by atoms with van der Waals surface area (Å²) >= 11 is 0. The number of nitrogens with zero attached hydrogens (tertiary/aromatic N) is 3. The first-order valence-corrected chi connectivity index (χ1v) is 9.78. The summed E-state index contributed by atoms with van der Waals surface area (Å²) in [5.41, 5.74) is 1.36. The third-order valence-corrected chi connectivity index (χ3v) is 5.63. The Kier molecular flexibility index (Phi) is 5.73. The summed E-state index contributed by atoms with van der Waals surface area (Å²) in [7, 11) is 1.67. The molecule has 6 nitrogen and oxygen atoms in total. The van der Waals surface area contributed by atoms with Crippen LogP contribution in [0, 0.1) is 11.6 Å². The molecule has 0 spiro atoms. The van der Waals surface area contributed by atoms with E-state index < -0.39 is 18.2 Å². The van der Waals surface area contributed by atoms with Crippen LogP contribution in [0.25, 0.3) is 0 Å². The lowest BCUT2D eigenvalue weighted by Gasteiger charge is -2.39. The van der Waals surface area contributed by atoms with Crippen molar-refractivity contribution in [1.82, 2.24) is 15.2 Å². The molecular weight excluding hydrogens is 378 g/mol. The van der Waals surface area contributed by atoms with E-state index in [0.29, 0.717) is 12.2 Å². The molecule has 2 aromatic rings. The zero-order chi connectivity index (χ0) is 20.4. The molecule has 3 atom stereocenters. The Bertz CT molecular complexity index is 864. The Labute approximate surface area is 168 Å². The molecule has 0 radical (unpaired) electrons. The molecule has 3 heterocycles. The summed E-state index contributed by atoms with van der Waals surface area (Å²) in [4.78, 5) is 19.9. The van der Waals surface area contributed by atoms with Crippen LogP contribution in [0.5, 0.6) is 0 Å². The van der Waals surface area contributed by atoms with Gasteiger partial charge in [-0.2, -0.15) is 0 Å². The van der Waals surface area contributed by atoms with Crippen molar-refractivity contribution in [1.29, 1.82) is 0 Å². The van der Waals surface area contributed by atoms with Gasteiger partial charge in [-0.3, -0.25) is 15.1 Å². The largest absolute Gasteiger partial charge is 0.366 e. The second kappa shape index (κ2) is 8.42. The first kappa shape index (κ1) is 19.7. The second-order valence-electron chi connectivity index (χ2n) is 7.48. The van der Waals surface area contributed by atoms with Crippen LogP contribution in [0.15, 0.2) is 42.7 Å². The number of halogens is 2. The lowest BCUT2D eigenvalue weighted by Crippen LogP contribution is -2.55. The van der Waals surface area contributed by atoms with E-state index in [0.717, 1.165) is 31.3 Å². The molecule has 0 aliphatic carbocycles.